The molecular formula is C26H30Cl2N4O4. The third kappa shape index (κ3) is 5.39. The van der Waals surface area contributed by atoms with Crippen molar-refractivity contribution in [1.29, 1.82) is 0 Å². The summed E-state index contributed by atoms with van der Waals surface area (Å²) in [6.45, 7) is 8.12. The van der Waals surface area contributed by atoms with E-state index in [4.69, 9.17) is 37.4 Å². The molecule has 2 heterocycles. The zero-order valence-electron chi connectivity index (χ0n) is 21.2. The molecule has 1 saturated heterocycles. The van der Waals surface area contributed by atoms with Gasteiger partial charge in [-0.3, -0.25) is 0 Å². The number of methoxy groups -OCH3 is 2. The molecule has 0 aliphatic carbocycles. The van der Waals surface area contributed by atoms with E-state index >= 15 is 0 Å². The van der Waals surface area contributed by atoms with Gasteiger partial charge < -0.3 is 24.4 Å². The van der Waals surface area contributed by atoms with Crippen LogP contribution >= 0.6 is 23.2 Å². The van der Waals surface area contributed by atoms with Gasteiger partial charge in [-0.15, -0.1) is 0 Å². The second-order valence-electron chi connectivity index (χ2n) is 9.81. The Morgan fingerprint density at radius 2 is 1.78 bits per heavy atom. The number of carbonyl (C=O) groups is 1. The standard InChI is InChI=1S/C26H30Cl2N4O4/c1-14-9-17(13-32(14)25(33)36-26(2,3)4)30-24-29-12-16-10-15(7-8-18(16)31-24)21-22(27)19(34-5)11-20(35-6)23(21)28/h7-8,10-12,14,17H,9,13H2,1-6H3,(H,29,30,31)/t14-,17+/m1/s1. The second kappa shape index (κ2) is 10.2. The SMILES string of the molecule is COc1cc(OC)c(Cl)c(-c2ccc3nc(N[C@H]4C[C@@H](C)N(C(=O)OC(C)(C)C)C4)ncc3c2)c1Cl. The molecule has 0 spiro atoms. The number of nitrogens with one attached hydrogen (secondary N) is 1. The van der Waals surface area contributed by atoms with Crippen LogP contribution in [0.4, 0.5) is 10.7 Å². The normalized spacial score (nSPS) is 17.8. The molecule has 0 unspecified atom stereocenters. The molecule has 1 N–H and O–H groups in total. The Balaban J connectivity index is 1.55. The first-order valence-electron chi connectivity index (χ1n) is 11.6. The number of likely N-dealkylation sites (tertiary alicyclic amines) is 1. The molecule has 1 aromatic heterocycles. The number of halogens is 2. The topological polar surface area (TPSA) is 85.8 Å². The minimum absolute atomic E-state index is 0.0195. The predicted molar refractivity (Wildman–Crippen MR) is 143 cm³/mol. The number of rotatable bonds is 5. The summed E-state index contributed by atoms with van der Waals surface area (Å²) in [6.07, 6.45) is 2.21. The van der Waals surface area contributed by atoms with Crippen molar-refractivity contribution in [3.63, 3.8) is 0 Å². The Hall–Kier alpha value is -2.97. The first kappa shape index (κ1) is 26.1. The second-order valence-corrected chi connectivity index (χ2v) is 10.6. The Morgan fingerprint density at radius 3 is 2.39 bits per heavy atom. The number of anilines is 1. The van der Waals surface area contributed by atoms with Gasteiger partial charge in [-0.05, 0) is 51.8 Å². The first-order valence-corrected chi connectivity index (χ1v) is 12.4. The van der Waals surface area contributed by atoms with Crippen molar-refractivity contribution < 1.29 is 19.0 Å². The van der Waals surface area contributed by atoms with Gasteiger partial charge in [0.1, 0.15) is 17.1 Å². The first-order chi connectivity index (χ1) is 17.0. The number of hydrogen-bond acceptors (Lipinski definition) is 7. The van der Waals surface area contributed by atoms with E-state index in [1.807, 2.05) is 45.9 Å². The average Bonchev–Trinajstić information content (AvgIpc) is 3.18. The van der Waals surface area contributed by atoms with Crippen molar-refractivity contribution in [2.45, 2.75) is 51.8 Å². The number of hydrogen-bond donors (Lipinski definition) is 1. The lowest BCUT2D eigenvalue weighted by Crippen LogP contribution is -2.39. The van der Waals surface area contributed by atoms with Gasteiger partial charge in [0.25, 0.3) is 0 Å². The van der Waals surface area contributed by atoms with E-state index in [-0.39, 0.29) is 18.2 Å². The highest BCUT2D eigenvalue weighted by atomic mass is 35.5. The van der Waals surface area contributed by atoms with Gasteiger partial charge in [-0.1, -0.05) is 29.3 Å². The molecule has 2 atom stereocenters. The van der Waals surface area contributed by atoms with Crippen LogP contribution in [0.5, 0.6) is 11.5 Å². The molecule has 0 saturated carbocycles. The van der Waals surface area contributed by atoms with Crippen LogP contribution in [0.25, 0.3) is 22.0 Å². The minimum atomic E-state index is -0.535. The summed E-state index contributed by atoms with van der Waals surface area (Å²) in [5.74, 6) is 1.43. The number of benzene rings is 2. The summed E-state index contributed by atoms with van der Waals surface area (Å²) in [7, 11) is 3.08. The van der Waals surface area contributed by atoms with Gasteiger partial charge >= 0.3 is 6.09 Å². The Morgan fingerprint density at radius 1 is 1.11 bits per heavy atom. The van der Waals surface area contributed by atoms with Crippen LogP contribution in [-0.2, 0) is 4.74 Å². The Kier molecular flexibility index (Phi) is 7.38. The predicted octanol–water partition coefficient (Wildman–Crippen LogP) is 6.43. The Labute approximate surface area is 220 Å². The lowest BCUT2D eigenvalue weighted by Gasteiger charge is -2.26. The van der Waals surface area contributed by atoms with Crippen LogP contribution in [0.2, 0.25) is 10.0 Å². The number of nitrogens with zero attached hydrogens (tertiary/aromatic N) is 3. The third-order valence-corrected chi connectivity index (χ3v) is 6.73. The summed E-state index contributed by atoms with van der Waals surface area (Å²) >= 11 is 13.2. The van der Waals surface area contributed by atoms with Crippen molar-refractivity contribution in [3.8, 4) is 22.6 Å². The molecule has 1 aliphatic rings. The molecule has 2 aromatic carbocycles. The van der Waals surface area contributed by atoms with Crippen LogP contribution in [0, 0.1) is 0 Å². The van der Waals surface area contributed by atoms with Crippen molar-refractivity contribution in [3.05, 3.63) is 40.5 Å². The maximum atomic E-state index is 12.5. The van der Waals surface area contributed by atoms with Gasteiger partial charge in [0.15, 0.2) is 0 Å². The fraction of sp³-hybridized carbons (Fsp3) is 0.423. The van der Waals surface area contributed by atoms with Crippen LogP contribution in [0.3, 0.4) is 0 Å². The molecule has 0 bridgehead atoms. The number of fused-ring (bicyclic) bond motifs is 1. The maximum absolute atomic E-state index is 12.5. The lowest BCUT2D eigenvalue weighted by atomic mass is 10.0. The highest BCUT2D eigenvalue weighted by Crippen LogP contribution is 2.46. The van der Waals surface area contributed by atoms with Crippen molar-refractivity contribution in [2.75, 3.05) is 26.1 Å². The molecule has 1 fully saturated rings. The monoisotopic (exact) mass is 532 g/mol. The van der Waals surface area contributed by atoms with Gasteiger partial charge in [-0.25, -0.2) is 14.8 Å². The minimum Gasteiger partial charge on any atom is -0.495 e. The highest BCUT2D eigenvalue weighted by Gasteiger charge is 2.35. The number of amides is 1. The quantitative estimate of drug-likeness (QED) is 0.405. The van der Waals surface area contributed by atoms with Crippen LogP contribution in [-0.4, -0.2) is 59.4 Å². The van der Waals surface area contributed by atoms with E-state index in [0.717, 1.165) is 22.9 Å². The van der Waals surface area contributed by atoms with E-state index in [2.05, 4.69) is 15.3 Å². The molecule has 1 amide bonds. The third-order valence-electron chi connectivity index (χ3n) is 5.98. The molecular weight excluding hydrogens is 503 g/mol. The summed E-state index contributed by atoms with van der Waals surface area (Å²) in [6, 6.07) is 7.44. The fourth-order valence-electron chi connectivity index (χ4n) is 4.29. The highest BCUT2D eigenvalue weighted by molar-refractivity contribution is 6.41. The maximum Gasteiger partial charge on any atom is 0.410 e. The van der Waals surface area contributed by atoms with Gasteiger partial charge in [-0.2, -0.15) is 0 Å². The zero-order chi connectivity index (χ0) is 26.2. The molecule has 3 aromatic rings. The van der Waals surface area contributed by atoms with Crippen LogP contribution in [0.1, 0.15) is 34.1 Å². The average molecular weight is 533 g/mol. The van der Waals surface area contributed by atoms with Crippen molar-refractivity contribution in [1.82, 2.24) is 14.9 Å². The molecule has 4 rings (SSSR count). The van der Waals surface area contributed by atoms with E-state index in [0.29, 0.717) is 39.6 Å². The van der Waals surface area contributed by atoms with Crippen LogP contribution in [0.15, 0.2) is 30.5 Å². The zero-order valence-corrected chi connectivity index (χ0v) is 22.7. The molecule has 192 valence electrons. The summed E-state index contributed by atoms with van der Waals surface area (Å²) < 4.78 is 16.3. The number of carbonyl (C=O) groups excluding carboxylic acids is 1. The smallest absolute Gasteiger partial charge is 0.410 e. The molecule has 36 heavy (non-hydrogen) atoms. The lowest BCUT2D eigenvalue weighted by molar-refractivity contribution is 0.0238. The van der Waals surface area contributed by atoms with Crippen molar-refractivity contribution in [2.24, 2.45) is 0 Å². The van der Waals surface area contributed by atoms with Gasteiger partial charge in [0.2, 0.25) is 5.95 Å². The number of aromatic nitrogens is 2. The molecule has 8 nitrogen and oxygen atoms in total. The molecule has 10 heteroatoms. The summed E-state index contributed by atoms with van der Waals surface area (Å²) in [5.41, 5.74) is 1.62. The van der Waals surface area contributed by atoms with E-state index in [1.165, 1.54) is 0 Å². The van der Waals surface area contributed by atoms with Crippen LogP contribution < -0.4 is 14.8 Å². The van der Waals surface area contributed by atoms with Gasteiger partial charge in [0, 0.05) is 41.8 Å². The Bertz CT molecular complexity index is 1270. The van der Waals surface area contributed by atoms with Crippen molar-refractivity contribution >= 4 is 46.1 Å². The largest absolute Gasteiger partial charge is 0.495 e. The molecule has 0 radical (unpaired) electrons. The summed E-state index contributed by atoms with van der Waals surface area (Å²) in [4.78, 5) is 23.4. The fourth-order valence-corrected chi connectivity index (χ4v) is 5.01. The van der Waals surface area contributed by atoms with E-state index < -0.39 is 5.60 Å². The molecule has 1 aliphatic heterocycles. The number of ether oxygens (including phenoxy) is 3. The van der Waals surface area contributed by atoms with Gasteiger partial charge in [0.05, 0.1) is 29.8 Å². The summed E-state index contributed by atoms with van der Waals surface area (Å²) in [5, 5.41) is 4.97. The van der Waals surface area contributed by atoms with E-state index in [9.17, 15) is 4.79 Å². The van der Waals surface area contributed by atoms with E-state index in [1.54, 1.807) is 31.4 Å².